The molecule has 0 heterocycles. The van der Waals surface area contributed by atoms with Crippen LogP contribution in [0.4, 0.5) is 0 Å². The summed E-state index contributed by atoms with van der Waals surface area (Å²) in [6.45, 7) is 1.63. The van der Waals surface area contributed by atoms with Gasteiger partial charge in [0.25, 0.3) is 5.91 Å². The van der Waals surface area contributed by atoms with Gasteiger partial charge in [-0.2, -0.15) is 5.48 Å². The van der Waals surface area contributed by atoms with Crippen LogP contribution in [0.1, 0.15) is 15.9 Å². The molecule has 1 rings (SSSR count). The van der Waals surface area contributed by atoms with E-state index >= 15 is 0 Å². The molecule has 1 N–H and O–H groups in total. The number of hydroxylamine groups is 1. The molecule has 0 saturated carbocycles. The van der Waals surface area contributed by atoms with Crippen molar-refractivity contribution in [3.05, 3.63) is 35.4 Å². The van der Waals surface area contributed by atoms with E-state index in [9.17, 15) is 9.59 Å². The predicted molar refractivity (Wildman–Crippen MR) is 56.6 cm³/mol. The largest absolute Gasteiger partial charge is 0.375 e. The molecular weight excluding hydrogens is 210 g/mol. The number of carbonyl (C=O) groups is 2. The summed E-state index contributed by atoms with van der Waals surface area (Å²) >= 11 is 0. The van der Waals surface area contributed by atoms with E-state index in [0.29, 0.717) is 5.56 Å². The van der Waals surface area contributed by atoms with Crippen molar-refractivity contribution in [3.63, 3.8) is 0 Å². The van der Waals surface area contributed by atoms with Gasteiger partial charge in [-0.3, -0.25) is 4.79 Å². The summed E-state index contributed by atoms with van der Waals surface area (Å²) in [6.07, 6.45) is 0. The average Bonchev–Trinajstić information content (AvgIpc) is 2.27. The minimum Gasteiger partial charge on any atom is -0.375 e. The molecule has 16 heavy (non-hydrogen) atoms. The molecule has 0 aromatic heterocycles. The number of methoxy groups -OCH3 is 1. The van der Waals surface area contributed by atoms with Crippen LogP contribution in [0, 0.1) is 6.92 Å². The van der Waals surface area contributed by atoms with Crippen LogP contribution in [-0.2, 0) is 14.4 Å². The zero-order valence-corrected chi connectivity index (χ0v) is 9.15. The Balaban J connectivity index is 2.54. The molecule has 86 valence electrons. The molecule has 1 aromatic rings. The molecule has 1 aromatic carbocycles. The van der Waals surface area contributed by atoms with E-state index in [-0.39, 0.29) is 6.61 Å². The van der Waals surface area contributed by atoms with E-state index in [4.69, 9.17) is 0 Å². The van der Waals surface area contributed by atoms with E-state index in [2.05, 4.69) is 9.57 Å². The molecule has 0 fully saturated rings. The van der Waals surface area contributed by atoms with Gasteiger partial charge in [-0.05, 0) is 18.6 Å². The number of carbonyl (C=O) groups excluding carboxylic acids is 2. The van der Waals surface area contributed by atoms with Gasteiger partial charge in [0.1, 0.15) is 6.61 Å². The first-order valence-electron chi connectivity index (χ1n) is 4.69. The molecule has 0 aliphatic rings. The topological polar surface area (TPSA) is 64.6 Å². The number of ether oxygens (including phenoxy) is 1. The first kappa shape index (κ1) is 12.2. The quantitative estimate of drug-likeness (QED) is 0.771. The van der Waals surface area contributed by atoms with Crippen molar-refractivity contribution in [2.75, 3.05) is 13.7 Å². The van der Waals surface area contributed by atoms with Crippen LogP contribution in [-0.4, -0.2) is 25.6 Å². The maximum atomic E-state index is 11.5. The molecule has 1 amide bonds. The lowest BCUT2D eigenvalue weighted by atomic mass is 10.1. The van der Waals surface area contributed by atoms with Gasteiger partial charge < -0.3 is 9.57 Å². The maximum absolute atomic E-state index is 11.5. The number of amides is 1. The van der Waals surface area contributed by atoms with E-state index in [0.717, 1.165) is 5.56 Å². The minimum atomic E-state index is -0.595. The molecule has 0 atom stereocenters. The van der Waals surface area contributed by atoms with Crippen LogP contribution >= 0.6 is 0 Å². The average molecular weight is 223 g/mol. The van der Waals surface area contributed by atoms with Gasteiger partial charge >= 0.3 is 5.97 Å². The van der Waals surface area contributed by atoms with Gasteiger partial charge in [-0.25, -0.2) is 4.79 Å². The zero-order chi connectivity index (χ0) is 12.0. The number of hydrogen-bond acceptors (Lipinski definition) is 4. The third-order valence-corrected chi connectivity index (χ3v) is 1.90. The summed E-state index contributed by atoms with van der Waals surface area (Å²) in [7, 11) is 1.38. The Morgan fingerprint density at radius 2 is 2.00 bits per heavy atom. The summed E-state index contributed by atoms with van der Waals surface area (Å²) in [5.41, 5.74) is 3.20. The summed E-state index contributed by atoms with van der Waals surface area (Å²) in [5, 5.41) is 0. The normalized spacial score (nSPS) is 9.62. The lowest BCUT2D eigenvalue weighted by Gasteiger charge is -2.06. The monoisotopic (exact) mass is 223 g/mol. The number of hydrogen-bond donors (Lipinski definition) is 1. The Kier molecular flexibility index (Phi) is 4.47. The highest BCUT2D eigenvalue weighted by Crippen LogP contribution is 2.07. The molecule has 5 heteroatoms. The van der Waals surface area contributed by atoms with Gasteiger partial charge in [0.2, 0.25) is 0 Å². The van der Waals surface area contributed by atoms with E-state index in [1.165, 1.54) is 7.11 Å². The highest BCUT2D eigenvalue weighted by molar-refractivity contribution is 5.91. The highest BCUT2D eigenvalue weighted by atomic mass is 16.7. The molecule has 0 aliphatic carbocycles. The Labute approximate surface area is 93.3 Å². The lowest BCUT2D eigenvalue weighted by Crippen LogP contribution is -2.30. The predicted octanol–water partition coefficient (Wildman–Crippen LogP) is 0.829. The van der Waals surface area contributed by atoms with Gasteiger partial charge in [0.15, 0.2) is 0 Å². The summed E-state index contributed by atoms with van der Waals surface area (Å²) < 4.78 is 4.56. The second-order valence-electron chi connectivity index (χ2n) is 3.16. The van der Waals surface area contributed by atoms with Crippen molar-refractivity contribution < 1.29 is 19.2 Å². The second-order valence-corrected chi connectivity index (χ2v) is 3.16. The highest BCUT2D eigenvalue weighted by Gasteiger charge is 2.11. The van der Waals surface area contributed by atoms with Gasteiger partial charge in [0.05, 0.1) is 5.56 Å². The number of benzene rings is 1. The van der Waals surface area contributed by atoms with Crippen molar-refractivity contribution in [2.24, 2.45) is 0 Å². The summed E-state index contributed by atoms with van der Waals surface area (Å²) in [4.78, 5) is 27.1. The maximum Gasteiger partial charge on any atom is 0.363 e. The van der Waals surface area contributed by atoms with Crippen molar-refractivity contribution >= 4 is 11.9 Å². The number of rotatable bonds is 3. The van der Waals surface area contributed by atoms with Crippen LogP contribution in [0.3, 0.4) is 0 Å². The molecule has 0 saturated heterocycles. The van der Waals surface area contributed by atoms with Gasteiger partial charge in [-0.1, -0.05) is 18.2 Å². The van der Waals surface area contributed by atoms with E-state index < -0.39 is 11.9 Å². The van der Waals surface area contributed by atoms with Crippen molar-refractivity contribution in [3.8, 4) is 0 Å². The van der Waals surface area contributed by atoms with E-state index in [1.54, 1.807) is 25.1 Å². The molecule has 0 spiro atoms. The van der Waals surface area contributed by atoms with Crippen LogP contribution in [0.25, 0.3) is 0 Å². The zero-order valence-electron chi connectivity index (χ0n) is 9.15. The second kappa shape index (κ2) is 5.87. The molecule has 0 aliphatic heterocycles. The van der Waals surface area contributed by atoms with Gasteiger partial charge in [-0.15, -0.1) is 0 Å². The standard InChI is InChI=1S/C11H13NO4/c1-8-5-3-4-6-9(8)11(14)16-12-10(13)7-15-2/h3-6H,7H2,1-2H3,(H,12,13). The first-order chi connectivity index (χ1) is 7.65. The van der Waals surface area contributed by atoms with Gasteiger partial charge in [0, 0.05) is 7.11 Å². The molecule has 0 radical (unpaired) electrons. The molecular formula is C11H13NO4. The van der Waals surface area contributed by atoms with Crippen molar-refractivity contribution in [1.82, 2.24) is 5.48 Å². The minimum absolute atomic E-state index is 0.152. The SMILES string of the molecule is COCC(=O)NOC(=O)c1ccccc1C. The molecule has 5 nitrogen and oxygen atoms in total. The van der Waals surface area contributed by atoms with Crippen LogP contribution in [0.5, 0.6) is 0 Å². The Morgan fingerprint density at radius 3 is 2.62 bits per heavy atom. The number of aryl methyl sites for hydroxylation is 1. The fourth-order valence-electron chi connectivity index (χ4n) is 1.12. The van der Waals surface area contributed by atoms with Crippen molar-refractivity contribution in [2.45, 2.75) is 6.92 Å². The molecule has 0 bridgehead atoms. The third kappa shape index (κ3) is 3.36. The fourth-order valence-corrected chi connectivity index (χ4v) is 1.12. The first-order valence-corrected chi connectivity index (χ1v) is 4.69. The van der Waals surface area contributed by atoms with Crippen molar-refractivity contribution in [1.29, 1.82) is 0 Å². The van der Waals surface area contributed by atoms with Crippen LogP contribution in [0.15, 0.2) is 24.3 Å². The fraction of sp³-hybridized carbons (Fsp3) is 0.273. The Hall–Kier alpha value is -1.88. The third-order valence-electron chi connectivity index (χ3n) is 1.90. The Morgan fingerprint density at radius 1 is 1.31 bits per heavy atom. The smallest absolute Gasteiger partial charge is 0.363 e. The molecule has 0 unspecified atom stereocenters. The lowest BCUT2D eigenvalue weighted by molar-refractivity contribution is -0.133. The summed E-state index contributed by atoms with van der Waals surface area (Å²) in [5.74, 6) is -1.10. The van der Waals surface area contributed by atoms with E-state index in [1.807, 2.05) is 11.5 Å². The summed E-state index contributed by atoms with van der Waals surface area (Å²) in [6, 6.07) is 6.95. The van der Waals surface area contributed by atoms with Crippen LogP contribution in [0.2, 0.25) is 0 Å². The Bertz CT molecular complexity index is 389. The van der Waals surface area contributed by atoms with Crippen LogP contribution < -0.4 is 5.48 Å². The number of nitrogens with one attached hydrogen (secondary N) is 1.